The van der Waals surface area contributed by atoms with Crippen molar-refractivity contribution < 1.29 is 28.9 Å². The Kier molecular flexibility index (Phi) is 7.32. The number of pyridine rings is 1. The van der Waals surface area contributed by atoms with Gasteiger partial charge < -0.3 is 13.8 Å². The summed E-state index contributed by atoms with van der Waals surface area (Å²) in [6, 6.07) is 30.8. The molecule has 0 aliphatic heterocycles. The number of para-hydroxylation sites is 2. The zero-order valence-corrected chi connectivity index (χ0v) is 26.1. The van der Waals surface area contributed by atoms with Gasteiger partial charge in [0.15, 0.2) is 0 Å². The van der Waals surface area contributed by atoms with E-state index < -0.39 is 0 Å². The van der Waals surface area contributed by atoms with Crippen molar-refractivity contribution in [2.75, 3.05) is 0 Å². The monoisotopic (exact) mass is 715 g/mol. The van der Waals surface area contributed by atoms with Crippen LogP contribution in [0.25, 0.3) is 66.3 Å². The normalized spacial score (nSPS) is 11.9. The second-order valence-electron chi connectivity index (χ2n) is 11.7. The molecule has 0 saturated heterocycles. The maximum Gasteiger partial charge on any atom is 0.147 e. The van der Waals surface area contributed by atoms with Gasteiger partial charge in [0, 0.05) is 48.0 Å². The third kappa shape index (κ3) is 4.80. The molecule has 3 heterocycles. The zero-order valence-electron chi connectivity index (χ0n) is 23.7. The SMILES string of the molecule is CC(C)Cc1cccc2c1oc1c2cc(-c2ccnc(-c3[c-]cccc3)c2)c2oc3c(CC(C)C)cccc3c21.[Ir]. The Labute approximate surface area is 253 Å². The summed E-state index contributed by atoms with van der Waals surface area (Å²) in [5, 5.41) is 4.42. The van der Waals surface area contributed by atoms with Gasteiger partial charge in [-0.15, -0.1) is 35.9 Å². The molecular formula is C37H32IrNO2-. The molecule has 0 N–H and O–H groups in total. The van der Waals surface area contributed by atoms with Crippen LogP contribution in [0.1, 0.15) is 38.8 Å². The van der Waals surface area contributed by atoms with Crippen LogP contribution in [0.5, 0.6) is 0 Å². The molecule has 0 spiro atoms. The van der Waals surface area contributed by atoms with Gasteiger partial charge in [0.1, 0.15) is 22.3 Å². The summed E-state index contributed by atoms with van der Waals surface area (Å²) in [7, 11) is 0. The molecule has 0 aliphatic rings. The van der Waals surface area contributed by atoms with Crippen LogP contribution in [0, 0.1) is 17.9 Å². The molecule has 0 bridgehead atoms. The molecule has 4 heteroatoms. The standard InChI is InChI=1S/C37H32NO2.Ir/c1-22(2)18-26-12-8-14-28-31-21-30(25-16-17-38-32(20-25)24-10-6-5-7-11-24)36-33(37(31)39-34(26)28)29-15-9-13-27(19-23(3)4)35(29)40-36;/h5-10,12-17,20-23H,18-19H2,1-4H3;/q-1;. The number of furan rings is 2. The fraction of sp³-hybridized carbons (Fsp3) is 0.216. The third-order valence-electron chi connectivity index (χ3n) is 7.71. The summed E-state index contributed by atoms with van der Waals surface area (Å²) in [5.41, 5.74) is 10.1. The first kappa shape index (κ1) is 27.4. The molecule has 0 aliphatic carbocycles. The van der Waals surface area contributed by atoms with E-state index in [0.29, 0.717) is 11.8 Å². The van der Waals surface area contributed by atoms with Crippen molar-refractivity contribution in [3.05, 3.63) is 102 Å². The molecule has 4 aromatic carbocycles. The van der Waals surface area contributed by atoms with Crippen molar-refractivity contribution in [1.29, 1.82) is 0 Å². The van der Waals surface area contributed by atoms with Crippen LogP contribution in [0.2, 0.25) is 0 Å². The first-order valence-corrected chi connectivity index (χ1v) is 14.2. The number of fused-ring (bicyclic) bond motifs is 7. The molecule has 1 radical (unpaired) electrons. The summed E-state index contributed by atoms with van der Waals surface area (Å²) in [6.45, 7) is 9.01. The quantitative estimate of drug-likeness (QED) is 0.161. The van der Waals surface area contributed by atoms with Gasteiger partial charge in [-0.25, -0.2) is 0 Å². The zero-order chi connectivity index (χ0) is 27.4. The summed E-state index contributed by atoms with van der Waals surface area (Å²) >= 11 is 0. The van der Waals surface area contributed by atoms with Crippen LogP contribution in [-0.4, -0.2) is 4.98 Å². The molecular weight excluding hydrogens is 683 g/mol. The summed E-state index contributed by atoms with van der Waals surface area (Å²) in [6.07, 6.45) is 3.80. The van der Waals surface area contributed by atoms with E-state index in [0.717, 1.165) is 79.1 Å². The molecule has 0 atom stereocenters. The Bertz CT molecular complexity index is 2010. The smallest absolute Gasteiger partial charge is 0.147 e. The summed E-state index contributed by atoms with van der Waals surface area (Å²) in [5.74, 6) is 1.06. The van der Waals surface area contributed by atoms with E-state index in [1.54, 1.807) is 0 Å². The topological polar surface area (TPSA) is 39.2 Å². The van der Waals surface area contributed by atoms with Crippen molar-refractivity contribution >= 4 is 43.9 Å². The Balaban J connectivity index is 0.00000302. The van der Waals surface area contributed by atoms with Gasteiger partial charge in [0.2, 0.25) is 0 Å². The fourth-order valence-electron chi connectivity index (χ4n) is 6.04. The van der Waals surface area contributed by atoms with Gasteiger partial charge in [-0.05, 0) is 59.2 Å². The Hall–Kier alpha value is -3.72. The predicted octanol–water partition coefficient (Wildman–Crippen LogP) is 10.4. The Morgan fingerprint density at radius 2 is 1.37 bits per heavy atom. The van der Waals surface area contributed by atoms with Gasteiger partial charge in [-0.1, -0.05) is 70.2 Å². The summed E-state index contributed by atoms with van der Waals surface area (Å²) in [4.78, 5) is 4.67. The average molecular weight is 715 g/mol. The van der Waals surface area contributed by atoms with Gasteiger partial charge in [0.25, 0.3) is 0 Å². The van der Waals surface area contributed by atoms with E-state index in [2.05, 4.69) is 93.3 Å². The van der Waals surface area contributed by atoms with Crippen molar-refractivity contribution in [2.24, 2.45) is 11.8 Å². The van der Waals surface area contributed by atoms with Gasteiger partial charge in [0.05, 0.1) is 5.39 Å². The minimum absolute atomic E-state index is 0. The number of benzene rings is 4. The number of aromatic nitrogens is 1. The molecule has 7 rings (SSSR count). The van der Waals surface area contributed by atoms with Crippen LogP contribution in [0.15, 0.2) is 93.9 Å². The van der Waals surface area contributed by atoms with Crippen molar-refractivity contribution in [3.63, 3.8) is 0 Å². The Morgan fingerprint density at radius 3 is 2.05 bits per heavy atom. The molecule has 7 aromatic rings. The number of nitrogens with zero attached hydrogens (tertiary/aromatic N) is 1. The van der Waals surface area contributed by atoms with E-state index in [1.807, 2.05) is 30.5 Å². The number of rotatable bonds is 6. The van der Waals surface area contributed by atoms with Gasteiger partial charge in [-0.3, -0.25) is 0 Å². The largest absolute Gasteiger partial charge is 0.455 e. The minimum Gasteiger partial charge on any atom is -0.455 e. The van der Waals surface area contributed by atoms with E-state index in [9.17, 15) is 0 Å². The first-order chi connectivity index (χ1) is 19.5. The van der Waals surface area contributed by atoms with Crippen molar-refractivity contribution in [3.8, 4) is 22.4 Å². The number of hydrogen-bond donors (Lipinski definition) is 0. The number of hydrogen-bond acceptors (Lipinski definition) is 3. The van der Waals surface area contributed by atoms with E-state index in [1.165, 1.54) is 11.1 Å². The second-order valence-corrected chi connectivity index (χ2v) is 11.7. The van der Waals surface area contributed by atoms with Crippen LogP contribution in [0.4, 0.5) is 0 Å². The average Bonchev–Trinajstić information content (AvgIpc) is 3.53. The van der Waals surface area contributed by atoms with Crippen LogP contribution in [0.3, 0.4) is 0 Å². The second kappa shape index (κ2) is 10.9. The molecule has 3 nitrogen and oxygen atoms in total. The Morgan fingerprint density at radius 1 is 0.683 bits per heavy atom. The maximum atomic E-state index is 6.83. The van der Waals surface area contributed by atoms with E-state index >= 15 is 0 Å². The first-order valence-electron chi connectivity index (χ1n) is 14.2. The predicted molar refractivity (Wildman–Crippen MR) is 166 cm³/mol. The maximum absolute atomic E-state index is 6.83. The molecule has 41 heavy (non-hydrogen) atoms. The van der Waals surface area contributed by atoms with E-state index in [4.69, 9.17) is 8.83 Å². The molecule has 0 unspecified atom stereocenters. The van der Waals surface area contributed by atoms with Crippen LogP contribution >= 0.6 is 0 Å². The van der Waals surface area contributed by atoms with Crippen LogP contribution in [-0.2, 0) is 32.9 Å². The van der Waals surface area contributed by atoms with Gasteiger partial charge in [-0.2, -0.15) is 0 Å². The van der Waals surface area contributed by atoms with Crippen LogP contribution < -0.4 is 0 Å². The van der Waals surface area contributed by atoms with Crippen molar-refractivity contribution in [1.82, 2.24) is 4.98 Å². The molecule has 207 valence electrons. The fourth-order valence-corrected chi connectivity index (χ4v) is 6.04. The van der Waals surface area contributed by atoms with Crippen molar-refractivity contribution in [2.45, 2.75) is 40.5 Å². The minimum atomic E-state index is 0. The molecule has 0 fully saturated rings. The summed E-state index contributed by atoms with van der Waals surface area (Å²) < 4.78 is 13.6. The third-order valence-corrected chi connectivity index (χ3v) is 7.71. The molecule has 3 aromatic heterocycles. The molecule has 0 saturated carbocycles. The molecule has 0 amide bonds. The van der Waals surface area contributed by atoms with Gasteiger partial charge >= 0.3 is 0 Å². The van der Waals surface area contributed by atoms with E-state index in [-0.39, 0.29) is 20.1 Å².